The molecule has 2 atom stereocenters. The zero-order valence-corrected chi connectivity index (χ0v) is 24.6. The Balaban J connectivity index is 1.37. The fourth-order valence-corrected chi connectivity index (χ4v) is 6.78. The van der Waals surface area contributed by atoms with E-state index in [1.807, 2.05) is 30.3 Å². The maximum atomic E-state index is 13.9. The number of pyridine rings is 2. The third-order valence-electron chi connectivity index (χ3n) is 9.14. The van der Waals surface area contributed by atoms with Crippen molar-refractivity contribution in [3.63, 3.8) is 0 Å². The fourth-order valence-electron chi connectivity index (χ4n) is 6.78. The van der Waals surface area contributed by atoms with E-state index < -0.39 is 35.5 Å². The third kappa shape index (κ3) is 5.35. The van der Waals surface area contributed by atoms with Gasteiger partial charge in [-0.25, -0.2) is 14.6 Å². The number of benzene rings is 1. The minimum Gasteiger partial charge on any atom is -0.481 e. The number of carbonyl (C=O) groups is 4. The van der Waals surface area contributed by atoms with Gasteiger partial charge in [0, 0.05) is 22.9 Å². The number of fused-ring (bicyclic) bond motifs is 5. The molecule has 1 aliphatic carbocycles. The van der Waals surface area contributed by atoms with Gasteiger partial charge >= 0.3 is 17.9 Å². The number of nitrogens with one attached hydrogen (secondary N) is 1. The summed E-state index contributed by atoms with van der Waals surface area (Å²) in [5, 5.41) is 12.6. The topological polar surface area (TPSA) is 154 Å². The lowest BCUT2D eigenvalue weighted by Crippen LogP contribution is -2.51. The SMILES string of the molecule is CC[C@@]1(OC(=O)[C@H](CC2CCCCC2)NC(=O)CCC(=O)O)C(=O)OCc2c1cc1n(c2=O)Cc2cc3ccccc3nc2-1. The van der Waals surface area contributed by atoms with Gasteiger partial charge in [-0.15, -0.1) is 0 Å². The molecule has 0 radical (unpaired) electrons. The van der Waals surface area contributed by atoms with Crippen molar-refractivity contribution < 1.29 is 33.8 Å². The lowest BCUT2D eigenvalue weighted by atomic mass is 9.84. The molecule has 2 aromatic heterocycles. The van der Waals surface area contributed by atoms with Gasteiger partial charge in [0.2, 0.25) is 11.5 Å². The molecule has 11 heteroatoms. The van der Waals surface area contributed by atoms with E-state index in [-0.39, 0.29) is 48.5 Å². The Morgan fingerprint density at radius 1 is 1.14 bits per heavy atom. The largest absolute Gasteiger partial charge is 0.481 e. The molecular formula is C33H35N3O8. The van der Waals surface area contributed by atoms with Crippen molar-refractivity contribution in [2.24, 2.45) is 5.92 Å². The standard InChI is InChI=1S/C33H35N3O8/c1-2-33(44-31(41)25(14-19-8-4-3-5-9-19)34-27(37)12-13-28(38)39)23-16-26-29-21(15-20-10-6-7-11-24(20)35-29)17-36(26)30(40)22(23)18-43-32(33)42/h6-7,10-11,15-16,19,25H,2-5,8-9,12-14,17-18H2,1H3,(H,34,37)(H,38,39)/t25-,33-/m0/s1. The first-order chi connectivity index (χ1) is 21.2. The molecule has 0 bridgehead atoms. The van der Waals surface area contributed by atoms with E-state index in [2.05, 4.69) is 5.32 Å². The molecule has 1 aromatic carbocycles. The Morgan fingerprint density at radius 2 is 1.91 bits per heavy atom. The molecule has 1 fully saturated rings. The van der Waals surface area contributed by atoms with Crippen molar-refractivity contribution in [3.05, 3.63) is 63.4 Å². The second-order valence-corrected chi connectivity index (χ2v) is 11.9. The third-order valence-corrected chi connectivity index (χ3v) is 9.14. The van der Waals surface area contributed by atoms with E-state index in [0.29, 0.717) is 24.4 Å². The number of cyclic esters (lactones) is 1. The van der Waals surface area contributed by atoms with Crippen LogP contribution in [0.2, 0.25) is 0 Å². The number of carbonyl (C=O) groups excluding carboxylic acids is 3. The summed E-state index contributed by atoms with van der Waals surface area (Å²) in [6.07, 6.45) is 4.53. The van der Waals surface area contributed by atoms with Crippen LogP contribution >= 0.6 is 0 Å². The van der Waals surface area contributed by atoms with Gasteiger partial charge in [0.25, 0.3) is 5.56 Å². The number of hydrogen-bond donors (Lipinski definition) is 2. The number of nitrogens with zero attached hydrogens (tertiary/aromatic N) is 2. The number of rotatable bonds is 9. The first-order valence-corrected chi connectivity index (χ1v) is 15.3. The predicted octanol–water partition coefficient (Wildman–Crippen LogP) is 3.95. The number of esters is 2. The zero-order valence-electron chi connectivity index (χ0n) is 24.6. The van der Waals surface area contributed by atoms with Gasteiger partial charge in [0.1, 0.15) is 12.6 Å². The highest BCUT2D eigenvalue weighted by Gasteiger charge is 2.51. The molecule has 44 heavy (non-hydrogen) atoms. The van der Waals surface area contributed by atoms with Gasteiger partial charge in [-0.1, -0.05) is 57.2 Å². The first-order valence-electron chi connectivity index (χ1n) is 15.3. The molecular weight excluding hydrogens is 566 g/mol. The highest BCUT2D eigenvalue weighted by atomic mass is 16.6. The van der Waals surface area contributed by atoms with Gasteiger partial charge in [-0.2, -0.15) is 0 Å². The molecule has 2 aliphatic heterocycles. The molecule has 0 spiro atoms. The van der Waals surface area contributed by atoms with Gasteiger partial charge in [0.05, 0.1) is 35.4 Å². The van der Waals surface area contributed by atoms with E-state index >= 15 is 0 Å². The van der Waals surface area contributed by atoms with Crippen LogP contribution in [0.4, 0.5) is 0 Å². The van der Waals surface area contributed by atoms with Gasteiger partial charge in [-0.05, 0) is 37.0 Å². The van der Waals surface area contributed by atoms with Gasteiger partial charge in [-0.3, -0.25) is 14.4 Å². The minimum absolute atomic E-state index is 0.00538. The van der Waals surface area contributed by atoms with Crippen LogP contribution in [-0.2, 0) is 47.4 Å². The van der Waals surface area contributed by atoms with Crippen molar-refractivity contribution in [3.8, 4) is 11.4 Å². The quantitative estimate of drug-likeness (QED) is 0.272. The monoisotopic (exact) mass is 601 g/mol. The number of hydrogen-bond acceptors (Lipinski definition) is 8. The Labute approximate surface area is 253 Å². The van der Waals surface area contributed by atoms with E-state index in [9.17, 15) is 24.0 Å². The molecule has 3 aliphatic rings. The van der Waals surface area contributed by atoms with Crippen molar-refractivity contribution in [1.82, 2.24) is 14.9 Å². The van der Waals surface area contributed by atoms with Crippen molar-refractivity contribution >= 4 is 34.7 Å². The zero-order chi connectivity index (χ0) is 31.0. The summed E-state index contributed by atoms with van der Waals surface area (Å²) >= 11 is 0. The summed E-state index contributed by atoms with van der Waals surface area (Å²) in [6.45, 7) is 1.73. The van der Waals surface area contributed by atoms with Gasteiger partial charge < -0.3 is 24.5 Å². The van der Waals surface area contributed by atoms with Crippen LogP contribution in [0.3, 0.4) is 0 Å². The van der Waals surface area contributed by atoms with Crippen molar-refractivity contribution in [2.75, 3.05) is 0 Å². The molecule has 0 saturated heterocycles. The van der Waals surface area contributed by atoms with Crippen molar-refractivity contribution in [2.45, 2.75) is 89.5 Å². The fraction of sp³-hybridized carbons (Fsp3) is 0.455. The highest BCUT2D eigenvalue weighted by molar-refractivity contribution is 5.91. The summed E-state index contributed by atoms with van der Waals surface area (Å²) in [7, 11) is 0. The minimum atomic E-state index is -1.91. The summed E-state index contributed by atoms with van der Waals surface area (Å²) in [5.41, 5.74) is 1.02. The molecule has 3 aromatic rings. The van der Waals surface area contributed by atoms with Crippen LogP contribution in [0, 0.1) is 5.92 Å². The average molecular weight is 602 g/mol. The summed E-state index contributed by atoms with van der Waals surface area (Å²) in [5.74, 6) is -3.16. The van der Waals surface area contributed by atoms with Crippen molar-refractivity contribution in [1.29, 1.82) is 0 Å². The second kappa shape index (κ2) is 11.9. The predicted molar refractivity (Wildman–Crippen MR) is 158 cm³/mol. The molecule has 4 heterocycles. The average Bonchev–Trinajstić information content (AvgIpc) is 3.38. The molecule has 1 saturated carbocycles. The number of carboxylic acids is 1. The van der Waals surface area contributed by atoms with Crippen LogP contribution in [-0.4, -0.2) is 44.5 Å². The second-order valence-electron chi connectivity index (χ2n) is 11.9. The lowest BCUT2D eigenvalue weighted by molar-refractivity contribution is -0.191. The van der Waals surface area contributed by atoms with Crippen LogP contribution in [0.15, 0.2) is 41.2 Å². The first kappa shape index (κ1) is 29.5. The van der Waals surface area contributed by atoms with Gasteiger partial charge in [0.15, 0.2) is 0 Å². The van der Waals surface area contributed by atoms with E-state index in [4.69, 9.17) is 19.6 Å². The van der Waals surface area contributed by atoms with E-state index in [1.165, 1.54) is 0 Å². The van der Waals surface area contributed by atoms with Crippen LogP contribution in [0.5, 0.6) is 0 Å². The Bertz CT molecular complexity index is 1720. The molecule has 0 unspecified atom stereocenters. The molecule has 2 N–H and O–H groups in total. The van der Waals surface area contributed by atoms with E-state index in [0.717, 1.165) is 48.6 Å². The summed E-state index contributed by atoms with van der Waals surface area (Å²) in [4.78, 5) is 69.8. The molecule has 230 valence electrons. The normalized spacial score (nSPS) is 19.8. The Morgan fingerprint density at radius 3 is 2.66 bits per heavy atom. The maximum Gasteiger partial charge on any atom is 0.355 e. The number of carboxylic acid groups (broad SMARTS) is 1. The van der Waals surface area contributed by atoms with E-state index in [1.54, 1.807) is 17.6 Å². The number of ether oxygens (including phenoxy) is 2. The number of aromatic nitrogens is 2. The summed E-state index contributed by atoms with van der Waals surface area (Å²) in [6, 6.07) is 10.3. The molecule has 6 rings (SSSR count). The smallest absolute Gasteiger partial charge is 0.355 e. The maximum absolute atomic E-state index is 13.9. The number of para-hydroxylation sites is 1. The number of amides is 1. The van der Waals surface area contributed by atoms with Crippen LogP contribution in [0.1, 0.15) is 81.4 Å². The highest BCUT2D eigenvalue weighted by Crippen LogP contribution is 2.41. The number of aliphatic carboxylic acids is 1. The molecule has 1 amide bonds. The lowest BCUT2D eigenvalue weighted by Gasteiger charge is -2.37. The Hall–Kier alpha value is -4.54. The summed E-state index contributed by atoms with van der Waals surface area (Å²) < 4.78 is 13.1. The van der Waals surface area contributed by atoms with Crippen LogP contribution in [0.25, 0.3) is 22.3 Å². The molecule has 11 nitrogen and oxygen atoms in total. The van der Waals surface area contributed by atoms with Crippen LogP contribution < -0.4 is 10.9 Å². The Kier molecular flexibility index (Phi) is 7.96.